The highest BCUT2D eigenvalue weighted by Crippen LogP contribution is 2.24. The standard InChI is InChI=1S/C13H14FN3/c1-3-11-12(14)13(16-9-15-11)17(2)10-7-5-4-6-8-10/h4-9H,3H2,1-2H3. The quantitative estimate of drug-likeness (QED) is 0.813. The summed E-state index contributed by atoms with van der Waals surface area (Å²) in [7, 11) is 1.79. The van der Waals surface area contributed by atoms with Gasteiger partial charge in [0.05, 0.1) is 5.69 Å². The van der Waals surface area contributed by atoms with Crippen molar-refractivity contribution in [1.29, 1.82) is 0 Å². The van der Waals surface area contributed by atoms with Crippen molar-refractivity contribution in [1.82, 2.24) is 9.97 Å². The molecule has 88 valence electrons. The Bertz CT molecular complexity index is 499. The predicted octanol–water partition coefficient (Wildman–Crippen LogP) is 2.95. The largest absolute Gasteiger partial charge is 0.327 e. The van der Waals surface area contributed by atoms with Crippen LogP contribution >= 0.6 is 0 Å². The van der Waals surface area contributed by atoms with Crippen molar-refractivity contribution in [3.8, 4) is 0 Å². The van der Waals surface area contributed by atoms with Crippen LogP contribution in [0.15, 0.2) is 36.7 Å². The molecule has 3 nitrogen and oxygen atoms in total. The Morgan fingerprint density at radius 1 is 1.18 bits per heavy atom. The van der Waals surface area contributed by atoms with Crippen LogP contribution in [-0.2, 0) is 6.42 Å². The molecule has 0 aliphatic rings. The van der Waals surface area contributed by atoms with Gasteiger partial charge in [0, 0.05) is 12.7 Å². The van der Waals surface area contributed by atoms with Crippen molar-refractivity contribution in [2.75, 3.05) is 11.9 Å². The molecule has 1 aromatic carbocycles. The molecule has 4 heteroatoms. The molecule has 0 aliphatic carbocycles. The molecule has 0 spiro atoms. The molecule has 1 heterocycles. The van der Waals surface area contributed by atoms with Gasteiger partial charge in [-0.3, -0.25) is 0 Å². The molecular weight excluding hydrogens is 217 g/mol. The van der Waals surface area contributed by atoms with Crippen LogP contribution < -0.4 is 4.90 Å². The van der Waals surface area contributed by atoms with E-state index in [1.54, 1.807) is 11.9 Å². The van der Waals surface area contributed by atoms with Crippen molar-refractivity contribution in [3.05, 3.63) is 48.2 Å². The molecule has 0 unspecified atom stereocenters. The molecule has 0 fully saturated rings. The molecule has 0 bridgehead atoms. The summed E-state index contributed by atoms with van der Waals surface area (Å²) >= 11 is 0. The van der Waals surface area contributed by atoms with Crippen LogP contribution in [0.4, 0.5) is 15.9 Å². The van der Waals surface area contributed by atoms with Crippen LogP contribution in [0.25, 0.3) is 0 Å². The van der Waals surface area contributed by atoms with Crippen LogP contribution in [0.3, 0.4) is 0 Å². The monoisotopic (exact) mass is 231 g/mol. The number of benzene rings is 1. The van der Waals surface area contributed by atoms with Gasteiger partial charge >= 0.3 is 0 Å². The Balaban J connectivity index is 2.41. The van der Waals surface area contributed by atoms with Crippen LogP contribution in [0, 0.1) is 5.82 Å². The van der Waals surface area contributed by atoms with Gasteiger partial charge in [0.15, 0.2) is 11.6 Å². The van der Waals surface area contributed by atoms with E-state index in [4.69, 9.17) is 0 Å². The lowest BCUT2D eigenvalue weighted by molar-refractivity contribution is 0.593. The van der Waals surface area contributed by atoms with Gasteiger partial charge in [0.25, 0.3) is 0 Å². The van der Waals surface area contributed by atoms with E-state index >= 15 is 0 Å². The zero-order chi connectivity index (χ0) is 12.3. The number of nitrogens with zero attached hydrogens (tertiary/aromatic N) is 3. The van der Waals surface area contributed by atoms with Crippen LogP contribution in [0.2, 0.25) is 0 Å². The Morgan fingerprint density at radius 2 is 1.88 bits per heavy atom. The van der Waals surface area contributed by atoms with Gasteiger partial charge in [0.1, 0.15) is 6.33 Å². The Labute approximate surface area is 99.9 Å². The van der Waals surface area contributed by atoms with Gasteiger partial charge in [-0.05, 0) is 18.6 Å². The molecule has 17 heavy (non-hydrogen) atoms. The lowest BCUT2D eigenvalue weighted by atomic mass is 10.2. The third-order valence-electron chi connectivity index (χ3n) is 2.64. The molecule has 2 rings (SSSR count). The minimum Gasteiger partial charge on any atom is -0.327 e. The molecule has 0 radical (unpaired) electrons. The maximum Gasteiger partial charge on any atom is 0.187 e. The van der Waals surface area contributed by atoms with E-state index in [-0.39, 0.29) is 5.82 Å². The summed E-state index contributed by atoms with van der Waals surface area (Å²) < 4.78 is 14.0. The van der Waals surface area contributed by atoms with Gasteiger partial charge in [-0.1, -0.05) is 25.1 Å². The first-order valence-electron chi connectivity index (χ1n) is 5.52. The van der Waals surface area contributed by atoms with Crippen molar-refractivity contribution in [2.24, 2.45) is 0 Å². The van der Waals surface area contributed by atoms with Crippen LogP contribution in [0.5, 0.6) is 0 Å². The summed E-state index contributed by atoms with van der Waals surface area (Å²) in [4.78, 5) is 9.64. The fourth-order valence-corrected chi connectivity index (χ4v) is 1.65. The second-order valence-corrected chi connectivity index (χ2v) is 3.71. The third-order valence-corrected chi connectivity index (χ3v) is 2.64. The summed E-state index contributed by atoms with van der Waals surface area (Å²) in [5, 5.41) is 0. The van der Waals surface area contributed by atoms with E-state index < -0.39 is 0 Å². The van der Waals surface area contributed by atoms with Gasteiger partial charge < -0.3 is 4.90 Å². The van der Waals surface area contributed by atoms with Crippen molar-refractivity contribution >= 4 is 11.5 Å². The summed E-state index contributed by atoms with van der Waals surface area (Å²) in [5.41, 5.74) is 1.34. The number of anilines is 2. The highest BCUT2D eigenvalue weighted by atomic mass is 19.1. The van der Waals surface area contributed by atoms with Crippen molar-refractivity contribution in [2.45, 2.75) is 13.3 Å². The lowest BCUT2D eigenvalue weighted by Crippen LogP contribution is -2.14. The van der Waals surface area contributed by atoms with E-state index in [1.807, 2.05) is 37.3 Å². The van der Waals surface area contributed by atoms with E-state index in [0.29, 0.717) is 17.9 Å². The highest BCUT2D eigenvalue weighted by Gasteiger charge is 2.14. The minimum atomic E-state index is -0.346. The highest BCUT2D eigenvalue weighted by molar-refractivity contribution is 5.59. The van der Waals surface area contributed by atoms with Crippen molar-refractivity contribution < 1.29 is 4.39 Å². The van der Waals surface area contributed by atoms with E-state index in [2.05, 4.69) is 9.97 Å². The number of aryl methyl sites for hydroxylation is 1. The smallest absolute Gasteiger partial charge is 0.187 e. The lowest BCUT2D eigenvalue weighted by Gasteiger charge is -2.19. The first-order chi connectivity index (χ1) is 8.24. The normalized spacial score (nSPS) is 10.3. The molecule has 0 saturated carbocycles. The summed E-state index contributed by atoms with van der Waals surface area (Å²) in [5.74, 6) is -0.0376. The zero-order valence-corrected chi connectivity index (χ0v) is 9.89. The zero-order valence-electron chi connectivity index (χ0n) is 9.89. The second-order valence-electron chi connectivity index (χ2n) is 3.71. The van der Waals surface area contributed by atoms with Crippen molar-refractivity contribution in [3.63, 3.8) is 0 Å². The number of para-hydroxylation sites is 1. The molecule has 0 amide bonds. The number of rotatable bonds is 3. The van der Waals surface area contributed by atoms with Crippen LogP contribution in [0.1, 0.15) is 12.6 Å². The average molecular weight is 231 g/mol. The SMILES string of the molecule is CCc1ncnc(N(C)c2ccccc2)c1F. The third kappa shape index (κ3) is 2.25. The fourth-order valence-electron chi connectivity index (χ4n) is 1.65. The Hall–Kier alpha value is -1.97. The number of hydrogen-bond donors (Lipinski definition) is 0. The second kappa shape index (κ2) is 4.91. The first-order valence-corrected chi connectivity index (χ1v) is 5.52. The molecule has 1 aromatic heterocycles. The number of halogens is 1. The van der Waals surface area contributed by atoms with E-state index in [0.717, 1.165) is 5.69 Å². The van der Waals surface area contributed by atoms with Crippen LogP contribution in [-0.4, -0.2) is 17.0 Å². The molecular formula is C13H14FN3. The molecule has 2 aromatic rings. The summed E-state index contributed by atoms with van der Waals surface area (Å²) in [6.45, 7) is 1.87. The molecule has 0 aliphatic heterocycles. The van der Waals surface area contributed by atoms with Gasteiger partial charge in [0.2, 0.25) is 0 Å². The minimum absolute atomic E-state index is 0.308. The maximum absolute atomic E-state index is 14.0. The first kappa shape index (κ1) is 11.5. The molecule has 0 atom stereocenters. The van der Waals surface area contributed by atoms with E-state index in [9.17, 15) is 4.39 Å². The maximum atomic E-state index is 14.0. The summed E-state index contributed by atoms with van der Waals surface area (Å²) in [6.07, 6.45) is 1.96. The molecule has 0 saturated heterocycles. The topological polar surface area (TPSA) is 29.0 Å². The summed E-state index contributed by atoms with van der Waals surface area (Å²) in [6, 6.07) is 9.56. The number of aromatic nitrogens is 2. The molecule has 0 N–H and O–H groups in total. The van der Waals surface area contributed by atoms with Gasteiger partial charge in [-0.2, -0.15) is 0 Å². The van der Waals surface area contributed by atoms with Gasteiger partial charge in [-0.25, -0.2) is 14.4 Å². The number of hydrogen-bond acceptors (Lipinski definition) is 3. The fraction of sp³-hybridized carbons (Fsp3) is 0.231. The van der Waals surface area contributed by atoms with E-state index in [1.165, 1.54) is 6.33 Å². The Morgan fingerprint density at radius 3 is 2.53 bits per heavy atom. The average Bonchev–Trinajstić information content (AvgIpc) is 2.39. The Kier molecular flexibility index (Phi) is 3.32. The van der Waals surface area contributed by atoms with Gasteiger partial charge in [-0.15, -0.1) is 0 Å². The predicted molar refractivity (Wildman–Crippen MR) is 65.9 cm³/mol.